The summed E-state index contributed by atoms with van der Waals surface area (Å²) in [6, 6.07) is 5.85. The van der Waals surface area contributed by atoms with Gasteiger partial charge in [-0.1, -0.05) is 19.1 Å². The molecule has 0 aliphatic heterocycles. The van der Waals surface area contributed by atoms with E-state index in [4.69, 9.17) is 0 Å². The normalized spacial score (nSPS) is 21.0. The monoisotopic (exact) mass is 343 g/mol. The van der Waals surface area contributed by atoms with E-state index in [1.54, 1.807) is 25.5 Å². The Labute approximate surface area is 146 Å². The average Bonchev–Trinajstić information content (AvgIpc) is 3.25. The van der Waals surface area contributed by atoms with Gasteiger partial charge >= 0.3 is 0 Å². The highest BCUT2D eigenvalue weighted by atomic mass is 19.1. The van der Waals surface area contributed by atoms with Crippen LogP contribution in [0, 0.1) is 11.7 Å². The number of Topliss-reactive ketones (excluding diaryl/α,β-unsaturated/α-hetero) is 1. The molecule has 1 fully saturated rings. The van der Waals surface area contributed by atoms with E-state index in [0.717, 1.165) is 19.3 Å². The van der Waals surface area contributed by atoms with Gasteiger partial charge in [0, 0.05) is 36.3 Å². The number of imidazole rings is 1. The van der Waals surface area contributed by atoms with Crippen LogP contribution in [-0.4, -0.2) is 27.3 Å². The first-order valence-corrected chi connectivity index (χ1v) is 8.61. The summed E-state index contributed by atoms with van der Waals surface area (Å²) in [4.78, 5) is 28.8. The van der Waals surface area contributed by atoms with Gasteiger partial charge in [0.15, 0.2) is 5.78 Å². The highest BCUT2D eigenvalue weighted by Gasteiger charge is 2.30. The number of halogens is 1. The molecule has 5 nitrogen and oxygen atoms in total. The van der Waals surface area contributed by atoms with Crippen molar-refractivity contribution in [1.29, 1.82) is 0 Å². The molecule has 1 aliphatic carbocycles. The lowest BCUT2D eigenvalue weighted by Crippen LogP contribution is -2.39. The van der Waals surface area contributed by atoms with Gasteiger partial charge in [0.2, 0.25) is 5.91 Å². The molecular formula is C19H22FN3O2. The summed E-state index contributed by atoms with van der Waals surface area (Å²) in [5.74, 6) is -1.30. The molecule has 0 saturated heterocycles. The number of nitrogens with zero attached hydrogens (tertiary/aromatic N) is 2. The zero-order valence-electron chi connectivity index (χ0n) is 14.2. The van der Waals surface area contributed by atoms with Crippen molar-refractivity contribution in [2.24, 2.45) is 5.92 Å². The first-order chi connectivity index (χ1) is 12.0. The van der Waals surface area contributed by atoms with Crippen molar-refractivity contribution in [2.75, 3.05) is 0 Å². The second kappa shape index (κ2) is 7.59. The van der Waals surface area contributed by atoms with E-state index in [1.165, 1.54) is 18.2 Å². The Morgan fingerprint density at radius 1 is 1.40 bits per heavy atom. The summed E-state index contributed by atoms with van der Waals surface area (Å²) in [5, 5.41) is 3.05. The Hall–Kier alpha value is -2.50. The van der Waals surface area contributed by atoms with Gasteiger partial charge in [-0.2, -0.15) is 0 Å². The fourth-order valence-electron chi connectivity index (χ4n) is 3.49. The van der Waals surface area contributed by atoms with Crippen LogP contribution in [0.25, 0.3) is 0 Å². The fourth-order valence-corrected chi connectivity index (χ4v) is 3.49. The number of hydrogen-bond acceptors (Lipinski definition) is 3. The number of rotatable bonds is 6. The minimum absolute atomic E-state index is 0.0539. The molecule has 1 heterocycles. The van der Waals surface area contributed by atoms with Crippen LogP contribution in [0.4, 0.5) is 4.39 Å². The van der Waals surface area contributed by atoms with Gasteiger partial charge in [0.1, 0.15) is 5.82 Å². The number of amides is 1. The SMILES string of the molecule is C[C@H](CC(=O)N[C@@H]1CCC[C@@H]1n1ccnc1)C(=O)c1cccc(F)c1. The van der Waals surface area contributed by atoms with Gasteiger partial charge < -0.3 is 9.88 Å². The zero-order valence-corrected chi connectivity index (χ0v) is 14.2. The van der Waals surface area contributed by atoms with Crippen LogP contribution < -0.4 is 5.32 Å². The number of ketones is 1. The number of aromatic nitrogens is 2. The van der Waals surface area contributed by atoms with E-state index >= 15 is 0 Å². The number of carbonyl (C=O) groups excluding carboxylic acids is 2. The van der Waals surface area contributed by atoms with Crippen molar-refractivity contribution < 1.29 is 14.0 Å². The third-order valence-corrected chi connectivity index (χ3v) is 4.78. The van der Waals surface area contributed by atoms with E-state index in [-0.39, 0.29) is 30.2 Å². The van der Waals surface area contributed by atoms with Crippen molar-refractivity contribution in [3.63, 3.8) is 0 Å². The fraction of sp³-hybridized carbons (Fsp3) is 0.421. The molecule has 3 rings (SSSR count). The summed E-state index contributed by atoms with van der Waals surface area (Å²) in [6.07, 6.45) is 8.47. The van der Waals surface area contributed by atoms with Crippen LogP contribution in [0.2, 0.25) is 0 Å². The topological polar surface area (TPSA) is 64.0 Å². The summed E-state index contributed by atoms with van der Waals surface area (Å²) >= 11 is 0. The maximum atomic E-state index is 13.3. The second-order valence-electron chi connectivity index (χ2n) is 6.66. The molecule has 6 heteroatoms. The van der Waals surface area contributed by atoms with Crippen LogP contribution >= 0.6 is 0 Å². The maximum Gasteiger partial charge on any atom is 0.221 e. The van der Waals surface area contributed by atoms with Crippen molar-refractivity contribution in [1.82, 2.24) is 14.9 Å². The van der Waals surface area contributed by atoms with E-state index in [0.29, 0.717) is 5.56 Å². The molecular weight excluding hydrogens is 321 g/mol. The molecule has 1 aliphatic rings. The first-order valence-electron chi connectivity index (χ1n) is 8.61. The Morgan fingerprint density at radius 3 is 2.96 bits per heavy atom. The van der Waals surface area contributed by atoms with Gasteiger partial charge in [0.05, 0.1) is 12.4 Å². The summed E-state index contributed by atoms with van der Waals surface area (Å²) < 4.78 is 15.3. The molecule has 1 aromatic heterocycles. The standard InChI is InChI=1S/C19H22FN3O2/c1-13(19(25)14-4-2-5-15(20)11-14)10-18(24)22-16-6-3-7-17(16)23-9-8-21-12-23/h2,4-5,8-9,11-13,16-17H,3,6-7,10H2,1H3,(H,22,24)/t13-,16-,17+/m1/s1. The third-order valence-electron chi connectivity index (χ3n) is 4.78. The predicted octanol–water partition coefficient (Wildman–Crippen LogP) is 3.14. The molecule has 0 unspecified atom stereocenters. The van der Waals surface area contributed by atoms with Crippen molar-refractivity contribution in [2.45, 2.75) is 44.7 Å². The molecule has 0 bridgehead atoms. The minimum Gasteiger partial charge on any atom is -0.351 e. The van der Waals surface area contributed by atoms with Crippen LogP contribution in [0.15, 0.2) is 43.0 Å². The predicted molar refractivity (Wildman–Crippen MR) is 91.6 cm³/mol. The zero-order chi connectivity index (χ0) is 17.8. The van der Waals surface area contributed by atoms with Gasteiger partial charge in [-0.3, -0.25) is 9.59 Å². The quantitative estimate of drug-likeness (QED) is 0.820. The average molecular weight is 343 g/mol. The molecule has 25 heavy (non-hydrogen) atoms. The second-order valence-corrected chi connectivity index (χ2v) is 6.66. The van der Waals surface area contributed by atoms with Gasteiger partial charge in [-0.15, -0.1) is 0 Å². The van der Waals surface area contributed by atoms with Crippen LogP contribution in [0.1, 0.15) is 49.0 Å². The van der Waals surface area contributed by atoms with Crippen molar-refractivity contribution >= 4 is 11.7 Å². The van der Waals surface area contributed by atoms with Crippen molar-refractivity contribution in [3.05, 3.63) is 54.4 Å². The van der Waals surface area contributed by atoms with Gasteiger partial charge in [-0.25, -0.2) is 9.37 Å². The first kappa shape index (κ1) is 17.3. The summed E-state index contributed by atoms with van der Waals surface area (Å²) in [7, 11) is 0. The van der Waals surface area contributed by atoms with Gasteiger partial charge in [-0.05, 0) is 31.4 Å². The number of carbonyl (C=O) groups is 2. The minimum atomic E-state index is -0.491. The molecule has 0 spiro atoms. The largest absolute Gasteiger partial charge is 0.351 e. The van der Waals surface area contributed by atoms with E-state index in [2.05, 4.69) is 10.3 Å². The molecule has 1 amide bonds. The van der Waals surface area contributed by atoms with E-state index < -0.39 is 11.7 Å². The highest BCUT2D eigenvalue weighted by Crippen LogP contribution is 2.30. The number of hydrogen-bond donors (Lipinski definition) is 1. The van der Waals surface area contributed by atoms with Crippen LogP contribution in [-0.2, 0) is 4.79 Å². The van der Waals surface area contributed by atoms with Gasteiger partial charge in [0.25, 0.3) is 0 Å². The Morgan fingerprint density at radius 2 is 2.24 bits per heavy atom. The third kappa shape index (κ3) is 4.13. The van der Waals surface area contributed by atoms with Crippen LogP contribution in [0.5, 0.6) is 0 Å². The number of benzene rings is 1. The molecule has 2 aromatic rings. The van der Waals surface area contributed by atoms with Crippen molar-refractivity contribution in [3.8, 4) is 0 Å². The number of nitrogens with one attached hydrogen (secondary N) is 1. The lowest BCUT2D eigenvalue weighted by molar-refractivity contribution is -0.122. The lowest BCUT2D eigenvalue weighted by atomic mass is 9.96. The Balaban J connectivity index is 1.57. The smallest absolute Gasteiger partial charge is 0.221 e. The maximum absolute atomic E-state index is 13.3. The lowest BCUT2D eigenvalue weighted by Gasteiger charge is -2.22. The molecule has 1 saturated carbocycles. The Kier molecular flexibility index (Phi) is 5.26. The summed E-state index contributed by atoms with van der Waals surface area (Å²) in [5.41, 5.74) is 0.303. The summed E-state index contributed by atoms with van der Waals surface area (Å²) in [6.45, 7) is 1.70. The van der Waals surface area contributed by atoms with E-state index in [9.17, 15) is 14.0 Å². The molecule has 1 N–H and O–H groups in total. The van der Waals surface area contributed by atoms with Crippen LogP contribution in [0.3, 0.4) is 0 Å². The van der Waals surface area contributed by atoms with E-state index in [1.807, 2.05) is 10.8 Å². The highest BCUT2D eigenvalue weighted by molar-refractivity contribution is 5.99. The Bertz CT molecular complexity index is 745. The molecule has 132 valence electrons. The molecule has 3 atom stereocenters. The molecule has 0 radical (unpaired) electrons. The molecule has 1 aromatic carbocycles.